The average Bonchev–Trinajstić information content (AvgIpc) is 3.34. The molecule has 3 atom stereocenters. The maximum Gasteiger partial charge on any atom is 0.186 e. The van der Waals surface area contributed by atoms with Crippen molar-refractivity contribution in [3.8, 4) is 6.07 Å². The number of rotatable bonds is 5. The normalized spacial score (nSPS) is 24.9. The summed E-state index contributed by atoms with van der Waals surface area (Å²) in [4.78, 5) is 6.60. The van der Waals surface area contributed by atoms with Crippen LogP contribution in [0.25, 0.3) is 5.57 Å². The number of hydrogen-bond acceptors (Lipinski definition) is 5. The quantitative estimate of drug-likeness (QED) is 0.865. The van der Waals surface area contributed by atoms with Gasteiger partial charge in [0.1, 0.15) is 6.04 Å². The third-order valence-corrected chi connectivity index (χ3v) is 6.46. The number of anilines is 1. The first-order valence-corrected chi connectivity index (χ1v) is 10.2. The molecule has 2 aromatic rings. The van der Waals surface area contributed by atoms with Crippen LogP contribution in [0.4, 0.5) is 5.13 Å². The SMILES string of the molecule is CCc1csc(N2[C@H](C#N)[C@@H](c3ccc(C4=CCCC4)cc3)[C@H]2CO)n1. The van der Waals surface area contributed by atoms with Gasteiger partial charge in [0.25, 0.3) is 0 Å². The summed E-state index contributed by atoms with van der Waals surface area (Å²) in [6.45, 7) is 2.10. The lowest BCUT2D eigenvalue weighted by Crippen LogP contribution is -2.63. The van der Waals surface area contributed by atoms with E-state index in [0.29, 0.717) is 0 Å². The zero-order valence-electron chi connectivity index (χ0n) is 14.9. The van der Waals surface area contributed by atoms with Crippen LogP contribution in [0, 0.1) is 11.3 Å². The number of aliphatic hydroxyl groups excluding tert-OH is 1. The smallest absolute Gasteiger partial charge is 0.186 e. The molecule has 1 aromatic heterocycles. The first-order valence-electron chi connectivity index (χ1n) is 9.29. The predicted octanol–water partition coefficient (Wildman–Crippen LogP) is 4.13. The van der Waals surface area contributed by atoms with E-state index < -0.39 is 0 Å². The highest BCUT2D eigenvalue weighted by Crippen LogP contribution is 2.44. The Bertz CT molecular complexity index is 849. The van der Waals surface area contributed by atoms with Crippen molar-refractivity contribution in [1.82, 2.24) is 4.98 Å². The maximum absolute atomic E-state index is 9.97. The highest BCUT2D eigenvalue weighted by atomic mass is 32.1. The molecule has 134 valence electrons. The third-order valence-electron chi connectivity index (χ3n) is 5.56. The number of nitriles is 1. The van der Waals surface area contributed by atoms with Crippen LogP contribution in [-0.2, 0) is 6.42 Å². The van der Waals surface area contributed by atoms with E-state index in [-0.39, 0.29) is 24.6 Å². The van der Waals surface area contributed by atoms with Gasteiger partial charge in [0.15, 0.2) is 5.13 Å². The highest BCUT2D eigenvalue weighted by Gasteiger charge is 2.50. The number of allylic oxidation sites excluding steroid dienone is 2. The zero-order valence-corrected chi connectivity index (χ0v) is 15.7. The lowest BCUT2D eigenvalue weighted by Gasteiger charge is -2.51. The fourth-order valence-corrected chi connectivity index (χ4v) is 5.10. The largest absolute Gasteiger partial charge is 0.394 e. The van der Waals surface area contributed by atoms with Crippen LogP contribution < -0.4 is 4.90 Å². The predicted molar refractivity (Wildman–Crippen MR) is 105 cm³/mol. The van der Waals surface area contributed by atoms with Crippen molar-refractivity contribution in [2.45, 2.75) is 50.6 Å². The fraction of sp³-hybridized carbons (Fsp3) is 0.429. The Morgan fingerprint density at radius 2 is 2.15 bits per heavy atom. The Morgan fingerprint density at radius 1 is 1.35 bits per heavy atom. The Labute approximate surface area is 158 Å². The van der Waals surface area contributed by atoms with E-state index in [2.05, 4.69) is 48.3 Å². The zero-order chi connectivity index (χ0) is 18.1. The molecule has 1 N–H and O–H groups in total. The van der Waals surface area contributed by atoms with Gasteiger partial charge in [0.2, 0.25) is 0 Å². The minimum Gasteiger partial charge on any atom is -0.394 e. The van der Waals surface area contributed by atoms with Crippen LogP contribution >= 0.6 is 11.3 Å². The summed E-state index contributed by atoms with van der Waals surface area (Å²) < 4.78 is 0. The van der Waals surface area contributed by atoms with E-state index in [1.54, 1.807) is 11.3 Å². The number of benzene rings is 1. The number of thiazole rings is 1. The molecule has 2 heterocycles. The second kappa shape index (κ2) is 7.22. The maximum atomic E-state index is 9.97. The van der Waals surface area contributed by atoms with E-state index in [1.165, 1.54) is 24.0 Å². The van der Waals surface area contributed by atoms with Crippen LogP contribution in [0.15, 0.2) is 35.7 Å². The van der Waals surface area contributed by atoms with Crippen molar-refractivity contribution in [2.24, 2.45) is 0 Å². The van der Waals surface area contributed by atoms with E-state index in [9.17, 15) is 10.4 Å². The first kappa shape index (κ1) is 17.3. The molecule has 1 aliphatic carbocycles. The molecular weight excluding hydrogens is 342 g/mol. The summed E-state index contributed by atoms with van der Waals surface area (Å²) in [5, 5.41) is 22.6. The Morgan fingerprint density at radius 3 is 2.73 bits per heavy atom. The minimum atomic E-state index is -0.278. The van der Waals surface area contributed by atoms with Gasteiger partial charge in [0, 0.05) is 11.3 Å². The lowest BCUT2D eigenvalue weighted by molar-refractivity contribution is 0.187. The Hall–Kier alpha value is -2.16. The molecule has 2 aliphatic rings. The van der Waals surface area contributed by atoms with Crippen LogP contribution in [-0.4, -0.2) is 28.8 Å². The molecule has 4 rings (SSSR count). The van der Waals surface area contributed by atoms with Gasteiger partial charge in [-0.05, 0) is 42.4 Å². The number of hydrogen-bond donors (Lipinski definition) is 1. The van der Waals surface area contributed by atoms with Crippen LogP contribution in [0.5, 0.6) is 0 Å². The number of nitrogens with zero attached hydrogens (tertiary/aromatic N) is 3. The summed E-state index contributed by atoms with van der Waals surface area (Å²) in [5.41, 5.74) is 4.87. The lowest BCUT2D eigenvalue weighted by atomic mass is 9.76. The summed E-state index contributed by atoms with van der Waals surface area (Å²) in [7, 11) is 0. The van der Waals surface area contributed by atoms with Crippen molar-refractivity contribution in [2.75, 3.05) is 11.5 Å². The monoisotopic (exact) mass is 365 g/mol. The fourth-order valence-electron chi connectivity index (χ4n) is 4.10. The molecule has 1 aliphatic heterocycles. The van der Waals surface area contributed by atoms with Crippen LogP contribution in [0.1, 0.15) is 48.9 Å². The molecule has 0 bridgehead atoms. The van der Waals surface area contributed by atoms with Gasteiger partial charge in [-0.1, -0.05) is 37.3 Å². The van der Waals surface area contributed by atoms with E-state index in [0.717, 1.165) is 29.2 Å². The van der Waals surface area contributed by atoms with Gasteiger partial charge in [-0.15, -0.1) is 11.3 Å². The van der Waals surface area contributed by atoms with E-state index >= 15 is 0 Å². The second-order valence-electron chi connectivity index (χ2n) is 6.98. The summed E-state index contributed by atoms with van der Waals surface area (Å²) in [5.74, 6) is 0.0191. The van der Waals surface area contributed by atoms with E-state index in [1.807, 2.05) is 10.3 Å². The van der Waals surface area contributed by atoms with Gasteiger partial charge >= 0.3 is 0 Å². The molecule has 0 saturated carbocycles. The van der Waals surface area contributed by atoms with Crippen molar-refractivity contribution in [1.29, 1.82) is 5.26 Å². The van der Waals surface area contributed by atoms with Gasteiger partial charge in [-0.2, -0.15) is 5.26 Å². The molecule has 1 fully saturated rings. The van der Waals surface area contributed by atoms with Gasteiger partial charge in [0.05, 0.1) is 24.4 Å². The number of aliphatic hydroxyl groups is 1. The molecule has 0 amide bonds. The molecule has 5 heteroatoms. The minimum absolute atomic E-state index is 0.0191. The Balaban J connectivity index is 1.59. The molecule has 1 aromatic carbocycles. The molecule has 26 heavy (non-hydrogen) atoms. The third kappa shape index (κ3) is 2.84. The molecule has 0 spiro atoms. The van der Waals surface area contributed by atoms with Crippen LogP contribution in [0.2, 0.25) is 0 Å². The molecule has 4 nitrogen and oxygen atoms in total. The second-order valence-corrected chi connectivity index (χ2v) is 7.81. The van der Waals surface area contributed by atoms with Gasteiger partial charge in [-0.3, -0.25) is 0 Å². The standard InChI is InChI=1S/C21H23N3OS/c1-2-17-13-26-21(23-17)24-18(11-22)20(19(24)12-25)16-9-7-15(8-10-16)14-5-3-4-6-14/h5,7-10,13,18-20,25H,2-4,6,12H2,1H3/t18-,19-,20-/m1/s1. The number of aryl methyl sites for hydroxylation is 1. The van der Waals surface area contributed by atoms with Crippen molar-refractivity contribution in [3.63, 3.8) is 0 Å². The topological polar surface area (TPSA) is 60.2 Å². The summed E-state index contributed by atoms with van der Waals surface area (Å²) >= 11 is 1.56. The molecular formula is C21H23N3OS. The average molecular weight is 366 g/mol. The molecule has 1 saturated heterocycles. The molecule has 0 radical (unpaired) electrons. The number of aromatic nitrogens is 1. The summed E-state index contributed by atoms with van der Waals surface area (Å²) in [6.07, 6.45) is 6.77. The van der Waals surface area contributed by atoms with Crippen molar-refractivity contribution < 1.29 is 5.11 Å². The van der Waals surface area contributed by atoms with Crippen molar-refractivity contribution >= 4 is 22.0 Å². The highest BCUT2D eigenvalue weighted by molar-refractivity contribution is 7.13. The van der Waals surface area contributed by atoms with Crippen molar-refractivity contribution in [3.05, 3.63) is 52.5 Å². The van der Waals surface area contributed by atoms with Gasteiger partial charge < -0.3 is 10.0 Å². The van der Waals surface area contributed by atoms with E-state index in [4.69, 9.17) is 0 Å². The Kier molecular flexibility index (Phi) is 4.80. The first-order chi connectivity index (χ1) is 12.8. The van der Waals surface area contributed by atoms with Gasteiger partial charge in [-0.25, -0.2) is 4.98 Å². The molecule has 0 unspecified atom stereocenters. The van der Waals surface area contributed by atoms with Crippen LogP contribution in [0.3, 0.4) is 0 Å². The summed E-state index contributed by atoms with van der Waals surface area (Å²) in [6, 6.07) is 10.6.